The Labute approximate surface area is 86.6 Å². The molecule has 0 N–H and O–H groups in total. The zero-order valence-electron chi connectivity index (χ0n) is 9.25. The second kappa shape index (κ2) is 3.88. The smallest absolute Gasteiger partial charge is 0.127 e. The number of hydrogen-bond donors (Lipinski definition) is 0. The molecule has 0 saturated heterocycles. The Balaban J connectivity index is 2.31. The lowest BCUT2D eigenvalue weighted by Gasteiger charge is -2.37. The standard InChI is InChI=1S/C13H20O/c1-9-7-11-5-3-4-6-12(11)13(8-14)10(9)2/h8-10,13H,3-7H2,1-2H3. The average Bonchev–Trinajstić information content (AvgIpc) is 2.20. The highest BCUT2D eigenvalue weighted by Crippen LogP contribution is 2.43. The second-order valence-electron chi connectivity index (χ2n) is 5.04. The quantitative estimate of drug-likeness (QED) is 0.460. The predicted molar refractivity (Wildman–Crippen MR) is 58.0 cm³/mol. The topological polar surface area (TPSA) is 17.1 Å². The molecule has 0 heterocycles. The molecule has 0 amide bonds. The summed E-state index contributed by atoms with van der Waals surface area (Å²) >= 11 is 0. The summed E-state index contributed by atoms with van der Waals surface area (Å²) in [6.45, 7) is 4.53. The number of aldehydes is 1. The van der Waals surface area contributed by atoms with E-state index in [0.29, 0.717) is 11.8 Å². The molecule has 0 aliphatic heterocycles. The third-order valence-corrected chi connectivity index (χ3v) is 4.21. The van der Waals surface area contributed by atoms with E-state index in [4.69, 9.17) is 0 Å². The maximum Gasteiger partial charge on any atom is 0.127 e. The van der Waals surface area contributed by atoms with E-state index in [2.05, 4.69) is 13.8 Å². The first-order chi connectivity index (χ1) is 6.74. The van der Waals surface area contributed by atoms with E-state index in [9.17, 15) is 4.79 Å². The molecule has 0 aromatic carbocycles. The number of carbonyl (C=O) groups excluding carboxylic acids is 1. The minimum atomic E-state index is 0.244. The molecule has 3 atom stereocenters. The number of carbonyl (C=O) groups is 1. The molecule has 0 radical (unpaired) electrons. The molecule has 0 spiro atoms. The van der Waals surface area contributed by atoms with Crippen molar-refractivity contribution in [1.29, 1.82) is 0 Å². The van der Waals surface area contributed by atoms with Crippen molar-refractivity contribution in [2.24, 2.45) is 17.8 Å². The van der Waals surface area contributed by atoms with Crippen LogP contribution >= 0.6 is 0 Å². The summed E-state index contributed by atoms with van der Waals surface area (Å²) in [4.78, 5) is 11.1. The van der Waals surface area contributed by atoms with Crippen molar-refractivity contribution >= 4 is 6.29 Å². The van der Waals surface area contributed by atoms with Gasteiger partial charge in [0.2, 0.25) is 0 Å². The van der Waals surface area contributed by atoms with Crippen molar-refractivity contribution in [3.05, 3.63) is 11.1 Å². The molecule has 14 heavy (non-hydrogen) atoms. The van der Waals surface area contributed by atoms with Crippen molar-refractivity contribution in [3.63, 3.8) is 0 Å². The van der Waals surface area contributed by atoms with Crippen LogP contribution in [0, 0.1) is 17.8 Å². The summed E-state index contributed by atoms with van der Waals surface area (Å²) in [5.74, 6) is 1.50. The van der Waals surface area contributed by atoms with Gasteiger partial charge in [0, 0.05) is 5.92 Å². The first kappa shape index (κ1) is 9.95. The summed E-state index contributed by atoms with van der Waals surface area (Å²) in [5, 5.41) is 0. The highest BCUT2D eigenvalue weighted by Gasteiger charge is 2.33. The first-order valence-corrected chi connectivity index (χ1v) is 5.90. The van der Waals surface area contributed by atoms with Crippen LogP contribution in [0.2, 0.25) is 0 Å². The van der Waals surface area contributed by atoms with Gasteiger partial charge in [-0.2, -0.15) is 0 Å². The van der Waals surface area contributed by atoms with Gasteiger partial charge in [0.05, 0.1) is 0 Å². The van der Waals surface area contributed by atoms with Crippen molar-refractivity contribution < 1.29 is 4.79 Å². The van der Waals surface area contributed by atoms with E-state index >= 15 is 0 Å². The molecule has 0 aromatic rings. The normalized spacial score (nSPS) is 38.0. The predicted octanol–water partition coefficient (Wildman–Crippen LogP) is 3.35. The molecule has 2 aliphatic carbocycles. The Morgan fingerprint density at radius 1 is 1.21 bits per heavy atom. The van der Waals surface area contributed by atoms with E-state index in [1.165, 1.54) is 44.0 Å². The molecular formula is C13H20O. The van der Waals surface area contributed by atoms with Crippen LogP contribution in [0.25, 0.3) is 0 Å². The van der Waals surface area contributed by atoms with Crippen molar-refractivity contribution in [3.8, 4) is 0 Å². The van der Waals surface area contributed by atoms with Crippen molar-refractivity contribution in [2.75, 3.05) is 0 Å². The molecule has 1 heteroatoms. The Morgan fingerprint density at radius 2 is 1.93 bits per heavy atom. The van der Waals surface area contributed by atoms with Crippen LogP contribution in [-0.2, 0) is 4.79 Å². The molecule has 0 bridgehead atoms. The Bertz CT molecular complexity index is 264. The molecule has 1 nitrogen and oxygen atoms in total. The van der Waals surface area contributed by atoms with Crippen LogP contribution in [0.4, 0.5) is 0 Å². The van der Waals surface area contributed by atoms with Gasteiger partial charge >= 0.3 is 0 Å². The lowest BCUT2D eigenvalue weighted by atomic mass is 9.67. The Kier molecular flexibility index (Phi) is 2.76. The van der Waals surface area contributed by atoms with E-state index < -0.39 is 0 Å². The maximum absolute atomic E-state index is 11.1. The monoisotopic (exact) mass is 192 g/mol. The van der Waals surface area contributed by atoms with Gasteiger partial charge in [-0.05, 0) is 43.9 Å². The maximum atomic E-state index is 11.1. The third kappa shape index (κ3) is 1.53. The fourth-order valence-electron chi connectivity index (χ4n) is 3.08. The minimum absolute atomic E-state index is 0.244. The van der Waals surface area contributed by atoms with Crippen LogP contribution in [0.15, 0.2) is 11.1 Å². The molecule has 2 rings (SSSR count). The van der Waals surface area contributed by atoms with E-state index in [1.54, 1.807) is 5.57 Å². The average molecular weight is 192 g/mol. The highest BCUT2D eigenvalue weighted by molar-refractivity contribution is 5.61. The van der Waals surface area contributed by atoms with Gasteiger partial charge < -0.3 is 4.79 Å². The Hall–Kier alpha value is -0.590. The van der Waals surface area contributed by atoms with E-state index in [0.717, 1.165) is 0 Å². The molecule has 78 valence electrons. The van der Waals surface area contributed by atoms with Gasteiger partial charge in [0.15, 0.2) is 0 Å². The van der Waals surface area contributed by atoms with Crippen LogP contribution in [0.1, 0.15) is 46.0 Å². The summed E-state index contributed by atoms with van der Waals surface area (Å²) in [6, 6.07) is 0. The van der Waals surface area contributed by atoms with Crippen LogP contribution in [0.5, 0.6) is 0 Å². The van der Waals surface area contributed by atoms with E-state index in [1.807, 2.05) is 0 Å². The summed E-state index contributed by atoms with van der Waals surface area (Å²) in [5.41, 5.74) is 3.14. The van der Waals surface area contributed by atoms with Gasteiger partial charge in [-0.25, -0.2) is 0 Å². The van der Waals surface area contributed by atoms with E-state index in [-0.39, 0.29) is 5.92 Å². The number of rotatable bonds is 1. The lowest BCUT2D eigenvalue weighted by Crippen LogP contribution is -2.29. The number of hydrogen-bond acceptors (Lipinski definition) is 1. The lowest BCUT2D eigenvalue weighted by molar-refractivity contribution is -0.112. The second-order valence-corrected chi connectivity index (χ2v) is 5.04. The van der Waals surface area contributed by atoms with Gasteiger partial charge in [0.25, 0.3) is 0 Å². The fraction of sp³-hybridized carbons (Fsp3) is 0.769. The third-order valence-electron chi connectivity index (χ3n) is 4.21. The molecular weight excluding hydrogens is 172 g/mol. The first-order valence-electron chi connectivity index (χ1n) is 5.90. The molecule has 2 aliphatic rings. The largest absolute Gasteiger partial charge is 0.303 e. The Morgan fingerprint density at radius 3 is 2.64 bits per heavy atom. The van der Waals surface area contributed by atoms with Crippen LogP contribution in [0.3, 0.4) is 0 Å². The highest BCUT2D eigenvalue weighted by atomic mass is 16.1. The molecule has 0 aromatic heterocycles. The SMILES string of the molecule is CC1CC2=C(CCCC2)C(C=O)C1C. The van der Waals surface area contributed by atoms with Crippen molar-refractivity contribution in [1.82, 2.24) is 0 Å². The van der Waals surface area contributed by atoms with Crippen LogP contribution in [-0.4, -0.2) is 6.29 Å². The number of allylic oxidation sites excluding steroid dienone is 2. The molecule has 0 saturated carbocycles. The zero-order valence-corrected chi connectivity index (χ0v) is 9.25. The van der Waals surface area contributed by atoms with Gasteiger partial charge in [-0.1, -0.05) is 25.0 Å². The van der Waals surface area contributed by atoms with Gasteiger partial charge in [0.1, 0.15) is 6.29 Å². The van der Waals surface area contributed by atoms with Gasteiger partial charge in [-0.3, -0.25) is 0 Å². The molecule has 3 unspecified atom stereocenters. The fourth-order valence-corrected chi connectivity index (χ4v) is 3.08. The molecule has 0 fully saturated rings. The van der Waals surface area contributed by atoms with Gasteiger partial charge in [-0.15, -0.1) is 0 Å². The zero-order chi connectivity index (χ0) is 10.1. The van der Waals surface area contributed by atoms with Crippen LogP contribution < -0.4 is 0 Å². The van der Waals surface area contributed by atoms with Crippen molar-refractivity contribution in [2.45, 2.75) is 46.0 Å². The summed E-state index contributed by atoms with van der Waals surface area (Å²) in [7, 11) is 0. The minimum Gasteiger partial charge on any atom is -0.303 e. The summed E-state index contributed by atoms with van der Waals surface area (Å²) in [6.07, 6.45) is 7.53. The summed E-state index contributed by atoms with van der Waals surface area (Å²) < 4.78 is 0.